The number of aromatic nitrogens is 2. The molecule has 8 heteroatoms. The maximum absolute atomic E-state index is 14.1. The van der Waals surface area contributed by atoms with Crippen LogP contribution in [0.15, 0.2) is 46.9 Å². The summed E-state index contributed by atoms with van der Waals surface area (Å²) in [6.45, 7) is 2.33. The van der Waals surface area contributed by atoms with Crippen LogP contribution in [-0.2, 0) is 6.54 Å². The van der Waals surface area contributed by atoms with Crippen molar-refractivity contribution in [1.82, 2.24) is 15.1 Å². The predicted molar refractivity (Wildman–Crippen MR) is 101 cm³/mol. The minimum absolute atomic E-state index is 0.0365. The highest BCUT2D eigenvalue weighted by atomic mass is 35.5. The highest BCUT2D eigenvalue weighted by Gasteiger charge is 2.24. The highest BCUT2D eigenvalue weighted by molar-refractivity contribution is 6.34. The quantitative estimate of drug-likeness (QED) is 0.560. The number of hydrogen-bond acceptors (Lipinski definition) is 4. The molecule has 0 unspecified atom stereocenters. The average Bonchev–Trinajstić information content (AvgIpc) is 3.10. The van der Waals surface area contributed by atoms with E-state index in [0.29, 0.717) is 23.6 Å². The van der Waals surface area contributed by atoms with E-state index in [4.69, 9.17) is 27.6 Å². The van der Waals surface area contributed by atoms with Crippen molar-refractivity contribution in [1.29, 1.82) is 0 Å². The maximum Gasteiger partial charge on any atom is 0.258 e. The Morgan fingerprint density at radius 3 is 2.56 bits per heavy atom. The van der Waals surface area contributed by atoms with Gasteiger partial charge in [0.2, 0.25) is 11.8 Å². The Morgan fingerprint density at radius 2 is 1.85 bits per heavy atom. The van der Waals surface area contributed by atoms with E-state index in [1.54, 1.807) is 24.3 Å². The topological polar surface area (TPSA) is 59.2 Å². The Balaban J connectivity index is 1.85. The summed E-state index contributed by atoms with van der Waals surface area (Å²) in [6.07, 6.45) is 0.670. The van der Waals surface area contributed by atoms with Gasteiger partial charge in [0.25, 0.3) is 5.91 Å². The number of benzene rings is 2. The van der Waals surface area contributed by atoms with Crippen LogP contribution in [0.1, 0.15) is 29.6 Å². The molecule has 0 N–H and O–H groups in total. The number of rotatable bonds is 6. The number of nitrogens with zero attached hydrogens (tertiary/aromatic N) is 3. The van der Waals surface area contributed by atoms with E-state index in [9.17, 15) is 9.18 Å². The predicted octanol–water partition coefficient (Wildman–Crippen LogP) is 5.23. The zero-order valence-electron chi connectivity index (χ0n) is 14.5. The van der Waals surface area contributed by atoms with Crippen LogP contribution in [-0.4, -0.2) is 27.5 Å². The molecule has 0 fully saturated rings. The van der Waals surface area contributed by atoms with E-state index < -0.39 is 11.7 Å². The van der Waals surface area contributed by atoms with E-state index in [-0.39, 0.29) is 28.9 Å². The van der Waals surface area contributed by atoms with E-state index in [1.165, 1.54) is 23.1 Å². The minimum atomic E-state index is -0.670. The van der Waals surface area contributed by atoms with Gasteiger partial charge >= 0.3 is 0 Å². The number of hydrogen-bond donors (Lipinski definition) is 0. The van der Waals surface area contributed by atoms with Crippen molar-refractivity contribution in [3.63, 3.8) is 0 Å². The zero-order chi connectivity index (χ0) is 19.4. The van der Waals surface area contributed by atoms with Gasteiger partial charge in [0.15, 0.2) is 0 Å². The Bertz CT molecular complexity index is 941. The molecule has 3 aromatic rings. The van der Waals surface area contributed by atoms with Crippen LogP contribution < -0.4 is 0 Å². The normalized spacial score (nSPS) is 10.8. The number of carbonyl (C=O) groups excluding carboxylic acids is 1. The lowest BCUT2D eigenvalue weighted by Crippen LogP contribution is -2.32. The molecule has 0 saturated heterocycles. The van der Waals surface area contributed by atoms with Gasteiger partial charge in [-0.2, -0.15) is 0 Å². The molecular formula is C19H16Cl2FN3O2. The smallest absolute Gasteiger partial charge is 0.258 e. The molecule has 0 atom stereocenters. The molecule has 0 aliphatic carbocycles. The summed E-state index contributed by atoms with van der Waals surface area (Å²) in [7, 11) is 0. The molecule has 1 aromatic heterocycles. The van der Waals surface area contributed by atoms with Crippen LogP contribution in [0.4, 0.5) is 4.39 Å². The van der Waals surface area contributed by atoms with E-state index in [2.05, 4.69) is 10.2 Å². The third kappa shape index (κ3) is 4.28. The Kier molecular flexibility index (Phi) is 6.08. The largest absolute Gasteiger partial charge is 0.419 e. The van der Waals surface area contributed by atoms with Crippen molar-refractivity contribution < 1.29 is 13.6 Å². The first-order valence-electron chi connectivity index (χ1n) is 8.31. The van der Waals surface area contributed by atoms with Gasteiger partial charge in [-0.15, -0.1) is 10.2 Å². The number of halogens is 3. The maximum atomic E-state index is 14.1. The average molecular weight is 408 g/mol. The summed E-state index contributed by atoms with van der Waals surface area (Å²) < 4.78 is 19.8. The SMILES string of the molecule is CCCN(Cc1nnc(-c2ccccc2Cl)o1)C(=O)c1c(F)cccc1Cl. The van der Waals surface area contributed by atoms with Crippen LogP contribution in [0.25, 0.3) is 11.5 Å². The van der Waals surface area contributed by atoms with Gasteiger partial charge in [0, 0.05) is 6.54 Å². The number of amides is 1. The summed E-state index contributed by atoms with van der Waals surface area (Å²) in [5.41, 5.74) is 0.432. The first-order valence-corrected chi connectivity index (χ1v) is 9.07. The molecule has 0 aliphatic heterocycles. The van der Waals surface area contributed by atoms with Crippen LogP contribution >= 0.6 is 23.2 Å². The zero-order valence-corrected chi connectivity index (χ0v) is 16.0. The molecule has 0 spiro atoms. The van der Waals surface area contributed by atoms with Crippen LogP contribution in [0.2, 0.25) is 10.0 Å². The van der Waals surface area contributed by atoms with Crippen molar-refractivity contribution in [2.24, 2.45) is 0 Å². The third-order valence-corrected chi connectivity index (χ3v) is 4.50. The van der Waals surface area contributed by atoms with E-state index in [0.717, 1.165) is 0 Å². The highest BCUT2D eigenvalue weighted by Crippen LogP contribution is 2.27. The van der Waals surface area contributed by atoms with Gasteiger partial charge in [-0.25, -0.2) is 4.39 Å². The molecule has 140 valence electrons. The summed E-state index contributed by atoms with van der Waals surface area (Å²) in [4.78, 5) is 14.2. The van der Waals surface area contributed by atoms with Gasteiger partial charge in [-0.05, 0) is 30.7 Å². The monoisotopic (exact) mass is 407 g/mol. The van der Waals surface area contributed by atoms with Crippen molar-refractivity contribution >= 4 is 29.1 Å². The third-order valence-electron chi connectivity index (χ3n) is 3.85. The summed E-state index contributed by atoms with van der Waals surface area (Å²) in [5, 5.41) is 8.51. The number of carbonyl (C=O) groups is 1. The van der Waals surface area contributed by atoms with Gasteiger partial charge in [-0.1, -0.05) is 48.3 Å². The summed E-state index contributed by atoms with van der Waals surface area (Å²) >= 11 is 12.2. The second-order valence-corrected chi connectivity index (χ2v) is 6.62. The lowest BCUT2D eigenvalue weighted by Gasteiger charge is -2.21. The Morgan fingerprint density at radius 1 is 1.11 bits per heavy atom. The fourth-order valence-corrected chi connectivity index (χ4v) is 3.07. The molecule has 1 amide bonds. The van der Waals surface area contributed by atoms with Crippen molar-refractivity contribution in [3.05, 3.63) is 69.8 Å². The minimum Gasteiger partial charge on any atom is -0.419 e. The van der Waals surface area contributed by atoms with Crippen molar-refractivity contribution in [2.75, 3.05) is 6.54 Å². The lowest BCUT2D eigenvalue weighted by molar-refractivity contribution is 0.0724. The summed E-state index contributed by atoms with van der Waals surface area (Å²) in [6, 6.07) is 11.2. The molecule has 5 nitrogen and oxygen atoms in total. The molecular weight excluding hydrogens is 392 g/mol. The standard InChI is InChI=1S/C19H16Cl2FN3O2/c1-2-10-25(19(26)17-14(21)8-5-9-15(17)22)11-16-23-24-18(27-16)12-6-3-4-7-13(12)20/h3-9H,2,10-11H2,1H3. The van der Waals surface area contributed by atoms with Crippen LogP contribution in [0.3, 0.4) is 0 Å². The van der Waals surface area contributed by atoms with Crippen molar-refractivity contribution in [3.8, 4) is 11.5 Å². The second-order valence-electron chi connectivity index (χ2n) is 5.80. The van der Waals surface area contributed by atoms with E-state index in [1.807, 2.05) is 6.92 Å². The fraction of sp³-hybridized carbons (Fsp3) is 0.211. The fourth-order valence-electron chi connectivity index (χ4n) is 2.61. The molecule has 27 heavy (non-hydrogen) atoms. The molecule has 3 rings (SSSR count). The molecule has 0 saturated carbocycles. The van der Waals surface area contributed by atoms with E-state index >= 15 is 0 Å². The molecule has 0 bridgehead atoms. The molecule has 0 radical (unpaired) electrons. The van der Waals surface area contributed by atoms with Crippen molar-refractivity contribution in [2.45, 2.75) is 19.9 Å². The van der Waals surface area contributed by atoms with Gasteiger partial charge in [0.05, 0.1) is 27.7 Å². The van der Waals surface area contributed by atoms with Gasteiger partial charge < -0.3 is 9.32 Å². The Labute approximate surface area is 165 Å². The first kappa shape index (κ1) is 19.3. The van der Waals surface area contributed by atoms with Crippen LogP contribution in [0, 0.1) is 5.82 Å². The molecule has 1 heterocycles. The second kappa shape index (κ2) is 8.50. The molecule has 2 aromatic carbocycles. The van der Waals surface area contributed by atoms with Crippen LogP contribution in [0.5, 0.6) is 0 Å². The first-order chi connectivity index (χ1) is 13.0. The lowest BCUT2D eigenvalue weighted by atomic mass is 10.1. The Hall–Kier alpha value is -2.44. The van der Waals surface area contributed by atoms with Gasteiger partial charge in [-0.3, -0.25) is 4.79 Å². The molecule has 0 aliphatic rings. The van der Waals surface area contributed by atoms with Gasteiger partial charge in [0.1, 0.15) is 5.82 Å². The summed E-state index contributed by atoms with van der Waals surface area (Å²) in [5.74, 6) is -0.726.